The van der Waals surface area contributed by atoms with E-state index in [1.807, 2.05) is 30.3 Å². The van der Waals surface area contributed by atoms with Gasteiger partial charge in [-0.2, -0.15) is 0 Å². The number of amides is 2. The maximum absolute atomic E-state index is 13.7. The van der Waals surface area contributed by atoms with Gasteiger partial charge in [0.05, 0.1) is 16.1 Å². The van der Waals surface area contributed by atoms with Gasteiger partial charge in [-0.05, 0) is 64.2 Å². The highest BCUT2D eigenvalue weighted by molar-refractivity contribution is 6.37. The van der Waals surface area contributed by atoms with Crippen LogP contribution in [0.15, 0.2) is 57.8 Å². The lowest BCUT2D eigenvalue weighted by Crippen LogP contribution is -2.53. The van der Waals surface area contributed by atoms with Gasteiger partial charge in [-0.15, -0.1) is 12.4 Å². The molecule has 0 bridgehead atoms. The summed E-state index contributed by atoms with van der Waals surface area (Å²) in [6.45, 7) is 4.90. The number of nitrogens with one attached hydrogen (secondary N) is 2. The highest BCUT2D eigenvalue weighted by Crippen LogP contribution is 2.35. The standard InChI is InChI=1S/C29H32ClN5O4.ClH/c1-16-22-25(34-39-16)23-20(30)13-8-14-21(23)35(27(22)37)19-12-7-11-18(15-19)32-26(36)24(17-9-5-4-6-10-17)33-28(38)29(2,3)31;/h4-6,8-10,13-14,18-19,24H,7,11-12,15,31H2,1-3H3,(H,32,36)(H,33,38);1H. The third-order valence-corrected chi connectivity index (χ3v) is 7.71. The first-order valence-corrected chi connectivity index (χ1v) is 13.5. The van der Waals surface area contributed by atoms with Gasteiger partial charge in [0.2, 0.25) is 11.8 Å². The summed E-state index contributed by atoms with van der Waals surface area (Å²) in [6.07, 6.45) is 2.87. The zero-order chi connectivity index (χ0) is 27.9. The monoisotopic (exact) mass is 585 g/mol. The van der Waals surface area contributed by atoms with E-state index in [-0.39, 0.29) is 36.0 Å². The Kier molecular flexibility index (Phi) is 8.58. The fourth-order valence-electron chi connectivity index (χ4n) is 5.41. The molecule has 212 valence electrons. The van der Waals surface area contributed by atoms with Crippen LogP contribution in [0.5, 0.6) is 0 Å². The van der Waals surface area contributed by atoms with Gasteiger partial charge in [0.1, 0.15) is 22.7 Å². The van der Waals surface area contributed by atoms with Crippen molar-refractivity contribution in [2.24, 2.45) is 5.73 Å². The molecule has 0 radical (unpaired) electrons. The lowest BCUT2D eigenvalue weighted by Gasteiger charge is -2.33. The van der Waals surface area contributed by atoms with E-state index in [2.05, 4.69) is 15.8 Å². The van der Waals surface area contributed by atoms with Crippen LogP contribution < -0.4 is 21.9 Å². The number of carbonyl (C=O) groups is 2. The summed E-state index contributed by atoms with van der Waals surface area (Å²) in [4.78, 5) is 40.0. The molecule has 11 heteroatoms. The normalized spacial score (nSPS) is 18.2. The topological polar surface area (TPSA) is 132 Å². The summed E-state index contributed by atoms with van der Waals surface area (Å²) in [6, 6.07) is 13.2. The molecule has 3 atom stereocenters. The number of hydrogen-bond donors (Lipinski definition) is 3. The van der Waals surface area contributed by atoms with Crippen molar-refractivity contribution in [1.29, 1.82) is 0 Å². The molecule has 2 aromatic heterocycles. The van der Waals surface area contributed by atoms with Crippen LogP contribution in [0.1, 0.15) is 62.9 Å². The SMILES string of the molecule is Cc1onc2c1c(=O)n(C1CCCC(NC(=O)C(NC(=O)C(C)(C)N)c3ccccc3)C1)c1cccc(Cl)c21.Cl. The van der Waals surface area contributed by atoms with E-state index in [1.165, 1.54) is 0 Å². The Labute approximate surface area is 242 Å². The van der Waals surface area contributed by atoms with Gasteiger partial charge in [-0.25, -0.2) is 0 Å². The number of rotatable bonds is 6. The van der Waals surface area contributed by atoms with E-state index in [1.54, 1.807) is 43.5 Å². The van der Waals surface area contributed by atoms with Crippen LogP contribution in [-0.4, -0.2) is 33.1 Å². The second kappa shape index (κ2) is 11.6. The van der Waals surface area contributed by atoms with Crippen LogP contribution in [-0.2, 0) is 9.59 Å². The third-order valence-electron chi connectivity index (χ3n) is 7.40. The van der Waals surface area contributed by atoms with Crippen molar-refractivity contribution < 1.29 is 14.1 Å². The largest absolute Gasteiger partial charge is 0.360 e. The number of aromatic nitrogens is 2. The van der Waals surface area contributed by atoms with Crippen LogP contribution in [0.2, 0.25) is 5.02 Å². The Hall–Kier alpha value is -3.40. The zero-order valence-corrected chi connectivity index (χ0v) is 24.1. The molecule has 0 spiro atoms. The molecule has 0 aliphatic heterocycles. The predicted octanol–water partition coefficient (Wildman–Crippen LogP) is 4.72. The van der Waals surface area contributed by atoms with Gasteiger partial charge >= 0.3 is 0 Å². The van der Waals surface area contributed by atoms with Gasteiger partial charge in [0.15, 0.2) is 0 Å². The number of hydrogen-bond acceptors (Lipinski definition) is 6. The Balaban J connectivity index is 0.00000370. The van der Waals surface area contributed by atoms with Crippen molar-refractivity contribution in [1.82, 2.24) is 20.4 Å². The second-order valence-electron chi connectivity index (χ2n) is 10.8. The molecule has 1 saturated carbocycles. The van der Waals surface area contributed by atoms with Crippen molar-refractivity contribution in [2.45, 2.75) is 70.1 Å². The minimum Gasteiger partial charge on any atom is -0.360 e. The average molecular weight is 587 g/mol. The second-order valence-corrected chi connectivity index (χ2v) is 11.2. The molecule has 0 saturated heterocycles. The lowest BCUT2D eigenvalue weighted by atomic mass is 9.89. The van der Waals surface area contributed by atoms with E-state index in [9.17, 15) is 14.4 Å². The average Bonchev–Trinajstić information content (AvgIpc) is 3.29. The molecule has 3 unspecified atom stereocenters. The van der Waals surface area contributed by atoms with E-state index in [4.69, 9.17) is 21.9 Å². The molecular formula is C29H33Cl2N5O4. The molecule has 9 nitrogen and oxygen atoms in total. The summed E-state index contributed by atoms with van der Waals surface area (Å²) in [5.74, 6) is -0.314. The van der Waals surface area contributed by atoms with Crippen LogP contribution in [0.3, 0.4) is 0 Å². The fourth-order valence-corrected chi connectivity index (χ4v) is 5.67. The van der Waals surface area contributed by atoms with Gasteiger partial charge in [0, 0.05) is 17.5 Å². The van der Waals surface area contributed by atoms with Crippen LogP contribution >= 0.6 is 24.0 Å². The van der Waals surface area contributed by atoms with Crippen LogP contribution in [0, 0.1) is 6.92 Å². The maximum atomic E-state index is 13.7. The highest BCUT2D eigenvalue weighted by Gasteiger charge is 2.33. The lowest BCUT2D eigenvalue weighted by molar-refractivity contribution is -0.131. The molecular weight excluding hydrogens is 553 g/mol. The molecule has 1 aliphatic carbocycles. The number of nitrogens with two attached hydrogens (primary N) is 1. The molecule has 2 heterocycles. The van der Waals surface area contributed by atoms with Crippen molar-refractivity contribution in [3.05, 3.63) is 75.2 Å². The molecule has 5 rings (SSSR count). The minimum absolute atomic E-state index is 0. The Morgan fingerprint density at radius 1 is 1.12 bits per heavy atom. The summed E-state index contributed by atoms with van der Waals surface area (Å²) in [7, 11) is 0. The van der Waals surface area contributed by atoms with E-state index in [0.29, 0.717) is 44.6 Å². The van der Waals surface area contributed by atoms with Gasteiger partial charge < -0.3 is 25.5 Å². The molecule has 4 N–H and O–H groups in total. The summed E-state index contributed by atoms with van der Waals surface area (Å²) in [5.41, 5.74) is 6.46. The maximum Gasteiger partial charge on any atom is 0.264 e. The molecule has 2 aromatic carbocycles. The first kappa shape index (κ1) is 29.6. The van der Waals surface area contributed by atoms with Crippen LogP contribution in [0.25, 0.3) is 21.8 Å². The number of aryl methyl sites for hydroxylation is 1. The zero-order valence-electron chi connectivity index (χ0n) is 22.6. The first-order chi connectivity index (χ1) is 18.6. The minimum atomic E-state index is -1.15. The Bertz CT molecular complexity index is 1610. The smallest absolute Gasteiger partial charge is 0.264 e. The summed E-state index contributed by atoms with van der Waals surface area (Å²) >= 11 is 6.58. The number of benzene rings is 2. The number of halogens is 2. The molecule has 4 aromatic rings. The summed E-state index contributed by atoms with van der Waals surface area (Å²) < 4.78 is 7.15. The predicted molar refractivity (Wildman–Crippen MR) is 158 cm³/mol. The molecule has 2 amide bonds. The number of carbonyl (C=O) groups excluding carboxylic acids is 2. The quantitative estimate of drug-likeness (QED) is 0.300. The van der Waals surface area contributed by atoms with Crippen molar-refractivity contribution in [3.8, 4) is 0 Å². The van der Waals surface area contributed by atoms with Crippen molar-refractivity contribution in [3.63, 3.8) is 0 Å². The Morgan fingerprint density at radius 2 is 1.85 bits per heavy atom. The number of pyridine rings is 1. The number of nitrogens with zero attached hydrogens (tertiary/aromatic N) is 2. The summed E-state index contributed by atoms with van der Waals surface area (Å²) in [5, 5.41) is 11.6. The molecule has 40 heavy (non-hydrogen) atoms. The van der Waals surface area contributed by atoms with Crippen LogP contribution in [0.4, 0.5) is 0 Å². The number of fused-ring (bicyclic) bond motifs is 3. The highest BCUT2D eigenvalue weighted by atomic mass is 35.5. The van der Waals surface area contributed by atoms with Crippen molar-refractivity contribution in [2.75, 3.05) is 0 Å². The van der Waals surface area contributed by atoms with E-state index < -0.39 is 17.5 Å². The third kappa shape index (κ3) is 5.59. The van der Waals surface area contributed by atoms with Gasteiger partial charge in [0.25, 0.3) is 5.56 Å². The van der Waals surface area contributed by atoms with E-state index in [0.717, 1.165) is 19.3 Å². The molecule has 1 fully saturated rings. The van der Waals surface area contributed by atoms with Gasteiger partial charge in [-0.1, -0.05) is 53.2 Å². The van der Waals surface area contributed by atoms with E-state index >= 15 is 0 Å². The molecule has 1 aliphatic rings. The van der Waals surface area contributed by atoms with Crippen molar-refractivity contribution >= 4 is 57.6 Å². The van der Waals surface area contributed by atoms with Gasteiger partial charge in [-0.3, -0.25) is 14.4 Å². The fraction of sp³-hybridized carbons (Fsp3) is 0.379. The first-order valence-electron chi connectivity index (χ1n) is 13.1. The Morgan fingerprint density at radius 3 is 2.55 bits per heavy atom.